The van der Waals surface area contributed by atoms with Gasteiger partial charge in [-0.05, 0) is 43.9 Å². The highest BCUT2D eigenvalue weighted by Crippen LogP contribution is 2.46. The number of ether oxygens (including phenoxy) is 1. The summed E-state index contributed by atoms with van der Waals surface area (Å²) >= 11 is 3.44. The monoisotopic (exact) mass is 368 g/mol. The molecule has 0 heterocycles. The third kappa shape index (κ3) is 3.87. The van der Waals surface area contributed by atoms with Crippen molar-refractivity contribution in [2.45, 2.75) is 26.2 Å². The topological polar surface area (TPSA) is 67.4 Å². The van der Waals surface area contributed by atoms with Gasteiger partial charge in [-0.1, -0.05) is 22.0 Å². The molecule has 0 radical (unpaired) electrons. The van der Waals surface area contributed by atoms with Crippen molar-refractivity contribution in [3.05, 3.63) is 28.2 Å². The van der Waals surface area contributed by atoms with Crippen LogP contribution in [0.4, 0.5) is 5.69 Å². The molecule has 0 atom stereocenters. The summed E-state index contributed by atoms with van der Waals surface area (Å²) in [6, 6.07) is 5.61. The first kappa shape index (κ1) is 17.0. The maximum absolute atomic E-state index is 12.4. The van der Waals surface area contributed by atoms with Gasteiger partial charge in [-0.2, -0.15) is 0 Å². The summed E-state index contributed by atoms with van der Waals surface area (Å²) < 4.78 is 5.87. The molecule has 5 nitrogen and oxygen atoms in total. The second-order valence-corrected chi connectivity index (χ2v) is 6.46. The summed E-state index contributed by atoms with van der Waals surface area (Å²) in [6.45, 7) is 3.10. The molecule has 0 bridgehead atoms. The van der Waals surface area contributed by atoms with Crippen molar-refractivity contribution < 1.29 is 14.3 Å². The molecule has 1 aromatic carbocycles. The quantitative estimate of drug-likeness (QED) is 0.574. The lowest BCUT2D eigenvalue weighted by molar-refractivity contribution is -0.134. The molecule has 22 heavy (non-hydrogen) atoms. The first-order chi connectivity index (χ1) is 10.5. The Morgan fingerprint density at radius 1 is 1.32 bits per heavy atom. The van der Waals surface area contributed by atoms with Crippen molar-refractivity contribution in [2.75, 3.05) is 25.6 Å². The molecule has 0 aromatic heterocycles. The Balaban J connectivity index is 1.93. The Morgan fingerprint density at radius 3 is 2.64 bits per heavy atom. The zero-order valence-electron chi connectivity index (χ0n) is 12.9. The molecule has 6 heteroatoms. The van der Waals surface area contributed by atoms with Crippen LogP contribution in [0, 0.1) is 12.3 Å². The standard InChI is InChI=1S/C16H21BrN2O3/c1-11-4-5-12(10-13(11)17)19-15(21)16(6-7-16)14(20)18-8-3-9-22-2/h4-5,10H,3,6-9H2,1-2H3,(H,18,20)(H,19,21). The normalized spacial score (nSPS) is 15.2. The van der Waals surface area contributed by atoms with Crippen LogP contribution in [0.3, 0.4) is 0 Å². The summed E-state index contributed by atoms with van der Waals surface area (Å²) in [6.07, 6.45) is 1.94. The van der Waals surface area contributed by atoms with Gasteiger partial charge in [0, 0.05) is 30.4 Å². The lowest BCUT2D eigenvalue weighted by atomic mass is 10.0. The molecule has 1 fully saturated rings. The molecule has 1 aromatic rings. The number of hydrogen-bond acceptors (Lipinski definition) is 3. The van der Waals surface area contributed by atoms with E-state index in [0.29, 0.717) is 31.7 Å². The third-order valence-electron chi connectivity index (χ3n) is 3.86. The van der Waals surface area contributed by atoms with Crippen LogP contribution in [-0.2, 0) is 14.3 Å². The molecule has 0 aliphatic heterocycles. The van der Waals surface area contributed by atoms with Gasteiger partial charge in [0.1, 0.15) is 5.41 Å². The molecular weight excluding hydrogens is 348 g/mol. The molecular formula is C16H21BrN2O3. The van der Waals surface area contributed by atoms with Gasteiger partial charge in [-0.3, -0.25) is 9.59 Å². The van der Waals surface area contributed by atoms with E-state index in [4.69, 9.17) is 4.74 Å². The third-order valence-corrected chi connectivity index (χ3v) is 4.71. The number of anilines is 1. The smallest absolute Gasteiger partial charge is 0.240 e. The second kappa shape index (κ2) is 7.24. The van der Waals surface area contributed by atoms with Crippen LogP contribution in [0.2, 0.25) is 0 Å². The minimum atomic E-state index is -0.898. The van der Waals surface area contributed by atoms with Gasteiger partial charge < -0.3 is 15.4 Å². The van der Waals surface area contributed by atoms with Crippen LogP contribution in [-0.4, -0.2) is 32.1 Å². The zero-order chi connectivity index (χ0) is 16.2. The average Bonchev–Trinajstić information content (AvgIpc) is 3.29. The Labute approximate surface area is 138 Å². The molecule has 0 spiro atoms. The van der Waals surface area contributed by atoms with Crippen LogP contribution in [0.25, 0.3) is 0 Å². The lowest BCUT2D eigenvalue weighted by Gasteiger charge is -2.15. The minimum absolute atomic E-state index is 0.188. The van der Waals surface area contributed by atoms with Gasteiger partial charge in [0.25, 0.3) is 0 Å². The predicted molar refractivity (Wildman–Crippen MR) is 88.7 cm³/mol. The largest absolute Gasteiger partial charge is 0.385 e. The zero-order valence-corrected chi connectivity index (χ0v) is 14.5. The Bertz CT molecular complexity index is 571. The second-order valence-electron chi connectivity index (χ2n) is 5.60. The molecule has 2 rings (SSSR count). The Hall–Kier alpha value is -1.40. The Morgan fingerprint density at radius 2 is 2.05 bits per heavy atom. The fourth-order valence-corrected chi connectivity index (χ4v) is 2.57. The number of methoxy groups -OCH3 is 1. The number of carbonyl (C=O) groups excluding carboxylic acids is 2. The van der Waals surface area contributed by atoms with E-state index in [1.165, 1.54) is 0 Å². The Kier molecular flexibility index (Phi) is 5.58. The van der Waals surface area contributed by atoms with Crippen molar-refractivity contribution in [1.82, 2.24) is 5.32 Å². The first-order valence-corrected chi connectivity index (χ1v) is 8.14. The van der Waals surface area contributed by atoms with E-state index in [1.54, 1.807) is 7.11 Å². The maximum atomic E-state index is 12.4. The summed E-state index contributed by atoms with van der Waals surface area (Å²) in [5.41, 5.74) is 0.890. The van der Waals surface area contributed by atoms with Crippen molar-refractivity contribution in [3.63, 3.8) is 0 Å². The molecule has 2 amide bonds. The van der Waals surface area contributed by atoms with Gasteiger partial charge in [0.2, 0.25) is 11.8 Å². The average molecular weight is 369 g/mol. The summed E-state index contributed by atoms with van der Waals surface area (Å²) in [7, 11) is 1.62. The first-order valence-electron chi connectivity index (χ1n) is 7.34. The van der Waals surface area contributed by atoms with E-state index in [1.807, 2.05) is 25.1 Å². The highest BCUT2D eigenvalue weighted by atomic mass is 79.9. The number of rotatable bonds is 7. The molecule has 1 aliphatic rings. The number of carbonyl (C=O) groups is 2. The van der Waals surface area contributed by atoms with E-state index < -0.39 is 5.41 Å². The molecule has 2 N–H and O–H groups in total. The summed E-state index contributed by atoms with van der Waals surface area (Å²) in [5, 5.41) is 5.66. The highest BCUT2D eigenvalue weighted by Gasteiger charge is 2.56. The van der Waals surface area contributed by atoms with E-state index in [0.717, 1.165) is 16.5 Å². The highest BCUT2D eigenvalue weighted by molar-refractivity contribution is 9.10. The number of aryl methyl sites for hydroxylation is 1. The van der Waals surface area contributed by atoms with Crippen LogP contribution < -0.4 is 10.6 Å². The minimum Gasteiger partial charge on any atom is -0.385 e. The van der Waals surface area contributed by atoms with Gasteiger partial charge in [0.05, 0.1) is 0 Å². The number of halogens is 1. The van der Waals surface area contributed by atoms with E-state index in [-0.39, 0.29) is 11.8 Å². The van der Waals surface area contributed by atoms with Crippen LogP contribution >= 0.6 is 15.9 Å². The van der Waals surface area contributed by atoms with Gasteiger partial charge >= 0.3 is 0 Å². The summed E-state index contributed by atoms with van der Waals surface area (Å²) in [4.78, 5) is 24.6. The van der Waals surface area contributed by atoms with Crippen molar-refractivity contribution in [3.8, 4) is 0 Å². The number of nitrogens with one attached hydrogen (secondary N) is 2. The maximum Gasteiger partial charge on any atom is 0.240 e. The van der Waals surface area contributed by atoms with E-state index in [9.17, 15) is 9.59 Å². The number of amides is 2. The van der Waals surface area contributed by atoms with Crippen molar-refractivity contribution in [2.24, 2.45) is 5.41 Å². The molecule has 0 saturated heterocycles. The van der Waals surface area contributed by atoms with E-state index >= 15 is 0 Å². The number of hydrogen-bond donors (Lipinski definition) is 2. The molecule has 1 aliphatic carbocycles. The molecule has 120 valence electrons. The summed E-state index contributed by atoms with van der Waals surface area (Å²) in [5.74, 6) is -0.417. The fraction of sp³-hybridized carbons (Fsp3) is 0.500. The van der Waals surface area contributed by atoms with Crippen LogP contribution in [0.1, 0.15) is 24.8 Å². The van der Waals surface area contributed by atoms with Gasteiger partial charge in [0.15, 0.2) is 0 Å². The van der Waals surface area contributed by atoms with Gasteiger partial charge in [-0.25, -0.2) is 0 Å². The lowest BCUT2D eigenvalue weighted by Crippen LogP contribution is -2.40. The van der Waals surface area contributed by atoms with E-state index in [2.05, 4.69) is 26.6 Å². The predicted octanol–water partition coefficient (Wildman–Crippen LogP) is 2.63. The van der Waals surface area contributed by atoms with Crippen LogP contribution in [0.5, 0.6) is 0 Å². The molecule has 1 saturated carbocycles. The number of benzene rings is 1. The van der Waals surface area contributed by atoms with Crippen LogP contribution in [0.15, 0.2) is 22.7 Å². The molecule has 0 unspecified atom stereocenters. The fourth-order valence-electron chi connectivity index (χ4n) is 2.19. The van der Waals surface area contributed by atoms with Gasteiger partial charge in [-0.15, -0.1) is 0 Å². The van der Waals surface area contributed by atoms with Crippen molar-refractivity contribution >= 4 is 33.4 Å². The van der Waals surface area contributed by atoms with Crippen molar-refractivity contribution in [1.29, 1.82) is 0 Å². The SMILES string of the molecule is COCCCNC(=O)C1(C(=O)Nc2ccc(C)c(Br)c2)CC1.